The van der Waals surface area contributed by atoms with Gasteiger partial charge in [-0.05, 0) is 50.6 Å². The highest BCUT2D eigenvalue weighted by Gasteiger charge is 2.49. The first-order valence-electron chi connectivity index (χ1n) is 12.1. The minimum atomic E-state index is -1.04. The third-order valence-electron chi connectivity index (χ3n) is 6.49. The van der Waals surface area contributed by atoms with Gasteiger partial charge in [0.25, 0.3) is 5.78 Å². The Balaban J connectivity index is 1.71. The molecule has 196 valence electrons. The molecule has 38 heavy (non-hydrogen) atoms. The molecule has 2 aliphatic rings. The lowest BCUT2D eigenvalue weighted by Crippen LogP contribution is -2.29. The lowest BCUT2D eigenvalue weighted by atomic mass is 9.94. The van der Waals surface area contributed by atoms with Crippen LogP contribution in [0.2, 0.25) is 0 Å². The van der Waals surface area contributed by atoms with Gasteiger partial charge in [-0.3, -0.25) is 14.5 Å². The third kappa shape index (κ3) is 4.20. The van der Waals surface area contributed by atoms with Crippen LogP contribution in [-0.2, 0) is 20.7 Å². The molecule has 3 heterocycles. The molecule has 1 fully saturated rings. The number of hydrogen-bond donors (Lipinski definition) is 1. The molecule has 1 saturated heterocycles. The highest BCUT2D eigenvalue weighted by atomic mass is 32.1. The average molecular weight is 535 g/mol. The van der Waals surface area contributed by atoms with Crippen LogP contribution in [0, 0.1) is 6.92 Å². The van der Waals surface area contributed by atoms with Gasteiger partial charge < -0.3 is 19.3 Å². The van der Waals surface area contributed by atoms with Crippen molar-refractivity contribution in [3.63, 3.8) is 0 Å². The topological polar surface area (TPSA) is 115 Å². The van der Waals surface area contributed by atoms with E-state index >= 15 is 0 Å². The fraction of sp³-hybridized carbons (Fsp3) is 0.286. The maximum Gasteiger partial charge on any atom is 0.350 e. The molecule has 5 rings (SSSR count). The number of ketones is 1. The van der Waals surface area contributed by atoms with Crippen molar-refractivity contribution in [2.45, 2.75) is 39.3 Å². The van der Waals surface area contributed by atoms with E-state index in [1.165, 1.54) is 12.0 Å². The van der Waals surface area contributed by atoms with E-state index < -0.39 is 23.7 Å². The van der Waals surface area contributed by atoms with E-state index in [2.05, 4.69) is 4.98 Å². The molecular formula is C28H26N2O7S. The third-order valence-corrected chi connectivity index (χ3v) is 7.63. The molecule has 1 N–H and O–H groups in total. The summed E-state index contributed by atoms with van der Waals surface area (Å²) in [6.07, 6.45) is 0.666. The van der Waals surface area contributed by atoms with Crippen LogP contribution >= 0.6 is 11.3 Å². The number of rotatable bonds is 6. The number of nitrogens with zero attached hydrogens (tertiary/aromatic N) is 2. The number of Topliss-reactive ketones (excluding diaryl/α,β-unsaturated/α-hetero) is 1. The Bertz CT molecular complexity index is 1490. The van der Waals surface area contributed by atoms with Gasteiger partial charge in [-0.2, -0.15) is 0 Å². The molecule has 9 nitrogen and oxygen atoms in total. The molecule has 0 spiro atoms. The van der Waals surface area contributed by atoms with Gasteiger partial charge in [0.15, 0.2) is 5.13 Å². The lowest BCUT2D eigenvalue weighted by Gasteiger charge is -2.24. The number of aromatic nitrogens is 1. The summed E-state index contributed by atoms with van der Waals surface area (Å²) < 4.78 is 16.4. The molecule has 1 aromatic heterocycles. The van der Waals surface area contributed by atoms with E-state index in [1.54, 1.807) is 49.4 Å². The summed E-state index contributed by atoms with van der Waals surface area (Å²) in [5.41, 5.74) is 2.06. The Morgan fingerprint density at radius 1 is 1.24 bits per heavy atom. The predicted octanol–water partition coefficient (Wildman–Crippen LogP) is 4.59. The van der Waals surface area contributed by atoms with Crippen molar-refractivity contribution in [3.05, 3.63) is 75.3 Å². The van der Waals surface area contributed by atoms with Gasteiger partial charge in [-0.25, -0.2) is 9.78 Å². The van der Waals surface area contributed by atoms with E-state index in [-0.39, 0.29) is 27.4 Å². The summed E-state index contributed by atoms with van der Waals surface area (Å²) in [4.78, 5) is 45.2. The number of para-hydroxylation sites is 1. The second-order valence-corrected chi connectivity index (χ2v) is 9.98. The minimum Gasteiger partial charge on any atom is -0.507 e. The number of thiazole rings is 1. The number of methoxy groups -OCH3 is 1. The van der Waals surface area contributed by atoms with Gasteiger partial charge in [-0.15, -0.1) is 0 Å². The molecule has 2 aliphatic heterocycles. The fourth-order valence-electron chi connectivity index (χ4n) is 4.81. The number of carbonyl (C=O) groups excluding carboxylic acids is 3. The summed E-state index contributed by atoms with van der Waals surface area (Å²) in [5.74, 6) is -1.46. The van der Waals surface area contributed by atoms with Crippen molar-refractivity contribution in [2.75, 3.05) is 18.6 Å². The summed E-state index contributed by atoms with van der Waals surface area (Å²) >= 11 is 0.945. The number of ether oxygens (including phenoxy) is 3. The van der Waals surface area contributed by atoms with Crippen LogP contribution in [0.25, 0.3) is 5.76 Å². The van der Waals surface area contributed by atoms with E-state index in [0.29, 0.717) is 35.6 Å². The molecule has 2 atom stereocenters. The van der Waals surface area contributed by atoms with E-state index in [4.69, 9.17) is 14.2 Å². The minimum absolute atomic E-state index is 0.00296. The maximum atomic E-state index is 13.5. The number of aliphatic hydroxyl groups excluding tert-OH is 1. The number of aliphatic hydroxyl groups is 1. The molecule has 0 radical (unpaired) electrons. The zero-order chi connectivity index (χ0) is 27.1. The molecule has 1 amide bonds. The van der Waals surface area contributed by atoms with Gasteiger partial charge in [0, 0.05) is 17.5 Å². The highest BCUT2D eigenvalue weighted by molar-refractivity contribution is 7.17. The van der Waals surface area contributed by atoms with Crippen LogP contribution in [-0.4, -0.2) is 47.6 Å². The average Bonchev–Trinajstić information content (AvgIpc) is 3.55. The summed E-state index contributed by atoms with van der Waals surface area (Å²) in [6, 6.07) is 11.2. The van der Waals surface area contributed by atoms with E-state index in [0.717, 1.165) is 22.6 Å². The zero-order valence-electron chi connectivity index (χ0n) is 21.3. The van der Waals surface area contributed by atoms with Crippen LogP contribution in [0.5, 0.6) is 11.5 Å². The van der Waals surface area contributed by atoms with Crippen molar-refractivity contribution in [1.82, 2.24) is 4.98 Å². The van der Waals surface area contributed by atoms with Gasteiger partial charge >= 0.3 is 11.9 Å². The number of carbonyl (C=O) groups is 3. The van der Waals surface area contributed by atoms with Gasteiger partial charge in [-0.1, -0.05) is 29.5 Å². The molecule has 2 unspecified atom stereocenters. The molecule has 0 saturated carbocycles. The normalized spacial score (nSPS) is 19.8. The molecule has 10 heteroatoms. The fourth-order valence-corrected chi connectivity index (χ4v) is 5.82. The summed E-state index contributed by atoms with van der Waals surface area (Å²) in [5, 5.41) is 11.7. The SMILES string of the molecule is CCOc1ccccc1C1/C(=C(\O)c2ccc3c(c2)CC(C)O3)C(=O)C(=O)N1c1nc(C)c(C(=O)OC)s1. The maximum absolute atomic E-state index is 13.5. The lowest BCUT2D eigenvalue weighted by molar-refractivity contribution is -0.132. The molecular weight excluding hydrogens is 508 g/mol. The van der Waals surface area contributed by atoms with Gasteiger partial charge in [0.1, 0.15) is 34.3 Å². The Kier molecular flexibility index (Phi) is 6.66. The van der Waals surface area contributed by atoms with Crippen molar-refractivity contribution in [3.8, 4) is 11.5 Å². The summed E-state index contributed by atoms with van der Waals surface area (Å²) in [7, 11) is 1.26. The van der Waals surface area contributed by atoms with Crippen molar-refractivity contribution >= 4 is 39.9 Å². The number of benzene rings is 2. The quantitative estimate of drug-likeness (QED) is 0.211. The largest absolute Gasteiger partial charge is 0.507 e. The van der Waals surface area contributed by atoms with Gasteiger partial charge in [0.2, 0.25) is 0 Å². The van der Waals surface area contributed by atoms with Crippen LogP contribution in [0.1, 0.15) is 51.9 Å². The number of hydrogen-bond acceptors (Lipinski definition) is 9. The van der Waals surface area contributed by atoms with Crippen molar-refractivity contribution < 1.29 is 33.7 Å². The van der Waals surface area contributed by atoms with Crippen molar-refractivity contribution in [1.29, 1.82) is 0 Å². The van der Waals surface area contributed by atoms with E-state index in [1.807, 2.05) is 13.8 Å². The first kappa shape index (κ1) is 25.5. The predicted molar refractivity (Wildman–Crippen MR) is 141 cm³/mol. The Morgan fingerprint density at radius 3 is 2.74 bits per heavy atom. The Labute approximate surface area is 223 Å². The monoisotopic (exact) mass is 534 g/mol. The molecule has 3 aromatic rings. The molecule has 0 bridgehead atoms. The van der Waals surface area contributed by atoms with Crippen LogP contribution in [0.15, 0.2) is 48.0 Å². The zero-order valence-corrected chi connectivity index (χ0v) is 22.1. The second kappa shape index (κ2) is 9.94. The smallest absolute Gasteiger partial charge is 0.350 e. The number of fused-ring (bicyclic) bond motifs is 1. The number of amides is 1. The molecule has 2 aromatic carbocycles. The number of esters is 1. The highest BCUT2D eigenvalue weighted by Crippen LogP contribution is 2.46. The first-order chi connectivity index (χ1) is 18.2. The van der Waals surface area contributed by atoms with E-state index in [9.17, 15) is 19.5 Å². The van der Waals surface area contributed by atoms with Crippen LogP contribution in [0.4, 0.5) is 5.13 Å². The van der Waals surface area contributed by atoms with Gasteiger partial charge in [0.05, 0.1) is 25.0 Å². The van der Waals surface area contributed by atoms with Crippen molar-refractivity contribution in [2.24, 2.45) is 0 Å². The second-order valence-electron chi connectivity index (χ2n) is 9.00. The van der Waals surface area contributed by atoms with Crippen LogP contribution in [0.3, 0.4) is 0 Å². The Hall–Kier alpha value is -4.18. The van der Waals surface area contributed by atoms with Crippen LogP contribution < -0.4 is 14.4 Å². The number of aryl methyl sites for hydroxylation is 1. The summed E-state index contributed by atoms with van der Waals surface area (Å²) in [6.45, 7) is 5.75. The Morgan fingerprint density at radius 2 is 2.00 bits per heavy atom. The number of anilines is 1. The molecule has 0 aliphatic carbocycles. The first-order valence-corrected chi connectivity index (χ1v) is 12.9. The standard InChI is InChI=1S/C28H26N2O7S/c1-5-36-20-9-7-6-8-18(20)22-21(23(31)16-10-11-19-17(13-16)12-14(2)37-19)24(32)26(33)30(22)28-29-15(3)25(38-28)27(34)35-4/h6-11,13-14,22,31H,5,12H2,1-4H3/b23-21+.